The van der Waals surface area contributed by atoms with E-state index < -0.39 is 0 Å². The molecule has 1 aliphatic carbocycles. The molecule has 0 aromatic carbocycles. The van der Waals surface area contributed by atoms with Crippen LogP contribution in [-0.4, -0.2) is 10.9 Å². The van der Waals surface area contributed by atoms with Crippen molar-refractivity contribution in [3.63, 3.8) is 0 Å². The Kier molecular flexibility index (Phi) is 3.76. The van der Waals surface area contributed by atoms with E-state index in [-0.39, 0.29) is 11.9 Å². The number of thiophene rings is 1. The highest BCUT2D eigenvalue weighted by Crippen LogP contribution is 2.40. The number of hydrogen-bond donors (Lipinski definition) is 1. The highest BCUT2D eigenvalue weighted by atomic mass is 35.5. The molecule has 20 heavy (non-hydrogen) atoms. The van der Waals surface area contributed by atoms with Crippen LogP contribution in [0.4, 0.5) is 0 Å². The zero-order valence-corrected chi connectivity index (χ0v) is 12.7. The van der Waals surface area contributed by atoms with Gasteiger partial charge in [0.15, 0.2) is 0 Å². The van der Waals surface area contributed by atoms with E-state index in [1.807, 2.05) is 30.5 Å². The third kappa shape index (κ3) is 2.86. The molecule has 0 radical (unpaired) electrons. The SMILES string of the molecule is Cc1cccc(C(NC(=O)c2sccc2Cl)C2CC2)n1. The molecule has 104 valence electrons. The average molecular weight is 307 g/mol. The maximum Gasteiger partial charge on any atom is 0.263 e. The standard InChI is InChI=1S/C15H15ClN2OS/c1-9-3-2-4-12(17-9)13(10-5-6-10)18-15(19)14-11(16)7-8-20-14/h2-4,7-8,10,13H,5-6H2,1H3,(H,18,19). The number of aryl methyl sites for hydroxylation is 1. The molecule has 0 bridgehead atoms. The number of hydrogen-bond acceptors (Lipinski definition) is 3. The van der Waals surface area contributed by atoms with Crippen molar-refractivity contribution in [1.29, 1.82) is 0 Å². The summed E-state index contributed by atoms with van der Waals surface area (Å²) >= 11 is 7.38. The smallest absolute Gasteiger partial charge is 0.263 e. The summed E-state index contributed by atoms with van der Waals surface area (Å²) in [5.74, 6) is 0.386. The van der Waals surface area contributed by atoms with E-state index in [9.17, 15) is 4.79 Å². The number of nitrogens with one attached hydrogen (secondary N) is 1. The number of pyridine rings is 1. The van der Waals surface area contributed by atoms with Crippen molar-refractivity contribution in [2.24, 2.45) is 5.92 Å². The second-order valence-electron chi connectivity index (χ2n) is 5.09. The van der Waals surface area contributed by atoms with Crippen LogP contribution in [0.1, 0.15) is 39.9 Å². The fourth-order valence-corrected chi connectivity index (χ4v) is 3.31. The summed E-state index contributed by atoms with van der Waals surface area (Å²) in [4.78, 5) is 17.4. The van der Waals surface area contributed by atoms with Crippen LogP contribution in [0.5, 0.6) is 0 Å². The molecule has 1 atom stereocenters. The number of rotatable bonds is 4. The minimum Gasteiger partial charge on any atom is -0.343 e. The van der Waals surface area contributed by atoms with E-state index in [0.717, 1.165) is 24.2 Å². The number of halogens is 1. The summed E-state index contributed by atoms with van der Waals surface area (Å²) in [5, 5.41) is 5.43. The van der Waals surface area contributed by atoms with Crippen LogP contribution in [0.2, 0.25) is 5.02 Å². The molecule has 1 N–H and O–H groups in total. The molecule has 0 saturated heterocycles. The predicted molar refractivity (Wildman–Crippen MR) is 81.2 cm³/mol. The van der Waals surface area contributed by atoms with Gasteiger partial charge in [-0.15, -0.1) is 11.3 Å². The lowest BCUT2D eigenvalue weighted by molar-refractivity contribution is 0.0935. The lowest BCUT2D eigenvalue weighted by Gasteiger charge is -2.18. The van der Waals surface area contributed by atoms with Gasteiger partial charge in [-0.3, -0.25) is 9.78 Å². The predicted octanol–water partition coefficient (Wildman–Crippen LogP) is 3.99. The first kappa shape index (κ1) is 13.6. The van der Waals surface area contributed by atoms with E-state index in [0.29, 0.717) is 15.8 Å². The van der Waals surface area contributed by atoms with Gasteiger partial charge in [-0.1, -0.05) is 17.7 Å². The van der Waals surface area contributed by atoms with Crippen LogP contribution >= 0.6 is 22.9 Å². The van der Waals surface area contributed by atoms with E-state index in [1.54, 1.807) is 6.07 Å². The fourth-order valence-electron chi connectivity index (χ4n) is 2.26. The van der Waals surface area contributed by atoms with Crippen LogP contribution in [-0.2, 0) is 0 Å². The average Bonchev–Trinajstić information content (AvgIpc) is 3.17. The maximum absolute atomic E-state index is 12.3. The number of aromatic nitrogens is 1. The summed E-state index contributed by atoms with van der Waals surface area (Å²) in [6.45, 7) is 1.96. The molecular formula is C15H15ClN2OS. The Labute approximate surface area is 127 Å². The highest BCUT2D eigenvalue weighted by Gasteiger charge is 2.34. The molecule has 0 spiro atoms. The number of carbonyl (C=O) groups is 1. The Morgan fingerprint density at radius 3 is 2.85 bits per heavy atom. The lowest BCUT2D eigenvalue weighted by Crippen LogP contribution is -2.30. The first-order chi connectivity index (χ1) is 9.65. The monoisotopic (exact) mass is 306 g/mol. The zero-order valence-electron chi connectivity index (χ0n) is 11.1. The largest absolute Gasteiger partial charge is 0.343 e. The van der Waals surface area contributed by atoms with E-state index in [1.165, 1.54) is 11.3 Å². The Morgan fingerprint density at radius 1 is 1.45 bits per heavy atom. The minimum absolute atomic E-state index is 0.0134. The van der Waals surface area contributed by atoms with Crippen molar-refractivity contribution in [2.45, 2.75) is 25.8 Å². The first-order valence-electron chi connectivity index (χ1n) is 6.62. The molecule has 1 aliphatic rings. The second kappa shape index (κ2) is 5.54. The van der Waals surface area contributed by atoms with Crippen molar-refractivity contribution >= 4 is 28.8 Å². The van der Waals surface area contributed by atoms with Gasteiger partial charge in [-0.25, -0.2) is 0 Å². The Hall–Kier alpha value is -1.39. The lowest BCUT2D eigenvalue weighted by atomic mass is 10.1. The molecule has 1 fully saturated rings. The van der Waals surface area contributed by atoms with Crippen molar-refractivity contribution in [3.05, 3.63) is 50.9 Å². The van der Waals surface area contributed by atoms with E-state index >= 15 is 0 Å². The molecule has 5 heteroatoms. The highest BCUT2D eigenvalue weighted by molar-refractivity contribution is 7.12. The van der Waals surface area contributed by atoms with E-state index in [4.69, 9.17) is 11.6 Å². The van der Waals surface area contributed by atoms with Crippen LogP contribution in [0.15, 0.2) is 29.6 Å². The zero-order chi connectivity index (χ0) is 14.1. The van der Waals surface area contributed by atoms with Crippen molar-refractivity contribution in [1.82, 2.24) is 10.3 Å². The Balaban J connectivity index is 1.82. The van der Waals surface area contributed by atoms with E-state index in [2.05, 4.69) is 10.3 Å². The molecule has 2 aromatic rings. The van der Waals surface area contributed by atoms with Crippen molar-refractivity contribution in [3.8, 4) is 0 Å². The van der Waals surface area contributed by atoms with Gasteiger partial charge in [0.2, 0.25) is 0 Å². The summed E-state index contributed by atoms with van der Waals surface area (Å²) in [5.41, 5.74) is 1.91. The van der Waals surface area contributed by atoms with Gasteiger partial charge >= 0.3 is 0 Å². The Morgan fingerprint density at radius 2 is 2.25 bits per heavy atom. The molecule has 1 unspecified atom stereocenters. The van der Waals surface area contributed by atoms with Gasteiger partial charge in [0.05, 0.1) is 16.8 Å². The first-order valence-corrected chi connectivity index (χ1v) is 7.88. The van der Waals surface area contributed by atoms with Gasteiger partial charge in [0.25, 0.3) is 5.91 Å². The molecule has 2 heterocycles. The normalized spacial score (nSPS) is 15.9. The van der Waals surface area contributed by atoms with Crippen LogP contribution in [0, 0.1) is 12.8 Å². The van der Waals surface area contributed by atoms with Crippen LogP contribution in [0.3, 0.4) is 0 Å². The molecule has 2 aromatic heterocycles. The summed E-state index contributed by atoms with van der Waals surface area (Å²) in [7, 11) is 0. The van der Waals surface area contributed by atoms with Gasteiger partial charge in [-0.2, -0.15) is 0 Å². The molecule has 3 rings (SSSR count). The number of carbonyl (C=O) groups excluding carboxylic acids is 1. The van der Waals surface area contributed by atoms with Crippen LogP contribution in [0.25, 0.3) is 0 Å². The minimum atomic E-state index is -0.106. The molecule has 0 aliphatic heterocycles. The maximum atomic E-state index is 12.3. The van der Waals surface area contributed by atoms with Crippen molar-refractivity contribution in [2.75, 3.05) is 0 Å². The van der Waals surface area contributed by atoms with Crippen molar-refractivity contribution < 1.29 is 4.79 Å². The number of nitrogens with zero attached hydrogens (tertiary/aromatic N) is 1. The van der Waals surface area contributed by atoms with Gasteiger partial charge < -0.3 is 5.32 Å². The molecule has 1 amide bonds. The second-order valence-corrected chi connectivity index (χ2v) is 6.41. The van der Waals surface area contributed by atoms with Gasteiger partial charge in [0.1, 0.15) is 4.88 Å². The summed E-state index contributed by atoms with van der Waals surface area (Å²) < 4.78 is 0. The van der Waals surface area contributed by atoms with Crippen LogP contribution < -0.4 is 5.32 Å². The topological polar surface area (TPSA) is 42.0 Å². The molecule has 1 saturated carbocycles. The number of amides is 1. The third-order valence-corrected chi connectivity index (χ3v) is 4.77. The third-order valence-electron chi connectivity index (χ3n) is 3.43. The fraction of sp³-hybridized carbons (Fsp3) is 0.333. The molecule has 3 nitrogen and oxygen atoms in total. The quantitative estimate of drug-likeness (QED) is 0.928. The molecular weight excluding hydrogens is 292 g/mol. The summed E-state index contributed by atoms with van der Waals surface area (Å²) in [6.07, 6.45) is 2.28. The summed E-state index contributed by atoms with van der Waals surface area (Å²) in [6, 6.07) is 7.66. The van der Waals surface area contributed by atoms with Gasteiger partial charge in [-0.05, 0) is 49.3 Å². The Bertz CT molecular complexity index is 636. The van der Waals surface area contributed by atoms with Gasteiger partial charge in [0, 0.05) is 5.69 Å².